The molecule has 0 amide bonds. The monoisotopic (exact) mass is 217 g/mol. The first-order valence-corrected chi connectivity index (χ1v) is 5.97. The molecule has 2 heteroatoms. The molecule has 0 atom stereocenters. The second kappa shape index (κ2) is 4.60. The number of nitrogens with one attached hydrogen (secondary N) is 1. The molecule has 0 aliphatic rings. The predicted octanol–water partition coefficient (Wildman–Crippen LogP) is 3.44. The standard InChI is InChI=1S/C13H15NS/c1-10-13(6-7-15-10)12-5-3-4-11(8-12)9-14-2/h3-8,14H,9H2,1-2H3. The molecule has 1 aromatic heterocycles. The molecule has 1 aromatic carbocycles. The van der Waals surface area contributed by atoms with Crippen molar-refractivity contribution in [3.8, 4) is 11.1 Å². The molecule has 1 heterocycles. The van der Waals surface area contributed by atoms with Crippen LogP contribution in [0.5, 0.6) is 0 Å². The second-order valence-corrected chi connectivity index (χ2v) is 4.74. The summed E-state index contributed by atoms with van der Waals surface area (Å²) in [6, 6.07) is 10.9. The van der Waals surface area contributed by atoms with Crippen LogP contribution in [0.2, 0.25) is 0 Å². The SMILES string of the molecule is CNCc1cccc(-c2ccsc2C)c1. The fourth-order valence-electron chi connectivity index (χ4n) is 1.74. The number of hydrogen-bond acceptors (Lipinski definition) is 2. The Labute approximate surface area is 94.8 Å². The first-order valence-electron chi connectivity index (χ1n) is 5.09. The summed E-state index contributed by atoms with van der Waals surface area (Å²) in [5.41, 5.74) is 4.01. The quantitative estimate of drug-likeness (QED) is 0.830. The molecule has 1 N–H and O–H groups in total. The average molecular weight is 217 g/mol. The van der Waals surface area contributed by atoms with E-state index in [1.54, 1.807) is 11.3 Å². The van der Waals surface area contributed by atoms with E-state index in [1.807, 2.05) is 7.05 Å². The van der Waals surface area contributed by atoms with Crippen molar-refractivity contribution < 1.29 is 0 Å². The summed E-state index contributed by atoms with van der Waals surface area (Å²) >= 11 is 1.80. The Bertz CT molecular complexity index is 445. The molecule has 0 aliphatic heterocycles. The number of aryl methyl sites for hydroxylation is 1. The van der Waals surface area contributed by atoms with E-state index in [9.17, 15) is 0 Å². The van der Waals surface area contributed by atoms with Crippen LogP contribution in [0.15, 0.2) is 35.7 Å². The van der Waals surface area contributed by atoms with Gasteiger partial charge in [-0.15, -0.1) is 11.3 Å². The molecular formula is C13H15NS. The lowest BCUT2D eigenvalue weighted by Gasteiger charge is -2.04. The fourth-order valence-corrected chi connectivity index (χ4v) is 2.46. The highest BCUT2D eigenvalue weighted by Crippen LogP contribution is 2.27. The lowest BCUT2D eigenvalue weighted by molar-refractivity contribution is 0.818. The van der Waals surface area contributed by atoms with Crippen molar-refractivity contribution in [2.24, 2.45) is 0 Å². The maximum Gasteiger partial charge on any atom is 0.0202 e. The topological polar surface area (TPSA) is 12.0 Å². The molecule has 2 aromatic rings. The lowest BCUT2D eigenvalue weighted by atomic mass is 10.0. The Kier molecular flexibility index (Phi) is 3.19. The van der Waals surface area contributed by atoms with Gasteiger partial charge < -0.3 is 5.32 Å². The van der Waals surface area contributed by atoms with E-state index >= 15 is 0 Å². The summed E-state index contributed by atoms with van der Waals surface area (Å²) in [5.74, 6) is 0. The third-order valence-corrected chi connectivity index (χ3v) is 3.32. The van der Waals surface area contributed by atoms with Crippen molar-refractivity contribution in [2.75, 3.05) is 7.05 Å². The largest absolute Gasteiger partial charge is 0.316 e. The zero-order valence-electron chi connectivity index (χ0n) is 9.08. The van der Waals surface area contributed by atoms with Gasteiger partial charge in [0, 0.05) is 11.4 Å². The number of benzene rings is 1. The van der Waals surface area contributed by atoms with E-state index in [0.29, 0.717) is 0 Å². The van der Waals surface area contributed by atoms with Crippen molar-refractivity contribution in [3.05, 3.63) is 46.2 Å². The van der Waals surface area contributed by atoms with Crippen molar-refractivity contribution in [2.45, 2.75) is 13.5 Å². The van der Waals surface area contributed by atoms with Gasteiger partial charge in [0.05, 0.1) is 0 Å². The van der Waals surface area contributed by atoms with Crippen molar-refractivity contribution in [1.82, 2.24) is 5.32 Å². The smallest absolute Gasteiger partial charge is 0.0202 e. The third kappa shape index (κ3) is 2.28. The van der Waals surface area contributed by atoms with Crippen LogP contribution in [-0.4, -0.2) is 7.05 Å². The molecule has 0 fully saturated rings. The van der Waals surface area contributed by atoms with Gasteiger partial charge in [-0.3, -0.25) is 0 Å². The first-order chi connectivity index (χ1) is 7.31. The Morgan fingerprint density at radius 3 is 2.80 bits per heavy atom. The van der Waals surface area contributed by atoms with Gasteiger partial charge in [-0.1, -0.05) is 18.2 Å². The summed E-state index contributed by atoms with van der Waals surface area (Å²) in [5, 5.41) is 5.32. The van der Waals surface area contributed by atoms with Gasteiger partial charge in [0.1, 0.15) is 0 Å². The van der Waals surface area contributed by atoms with Gasteiger partial charge in [-0.25, -0.2) is 0 Å². The first kappa shape index (κ1) is 10.4. The molecule has 0 spiro atoms. The van der Waals surface area contributed by atoms with Crippen molar-refractivity contribution >= 4 is 11.3 Å². The van der Waals surface area contributed by atoms with E-state index in [1.165, 1.54) is 21.6 Å². The minimum Gasteiger partial charge on any atom is -0.316 e. The Morgan fingerprint density at radius 2 is 2.13 bits per heavy atom. The molecule has 0 saturated heterocycles. The third-order valence-electron chi connectivity index (χ3n) is 2.48. The van der Waals surface area contributed by atoms with Crippen molar-refractivity contribution in [3.63, 3.8) is 0 Å². The molecule has 0 radical (unpaired) electrons. The molecular weight excluding hydrogens is 202 g/mol. The fraction of sp³-hybridized carbons (Fsp3) is 0.231. The minimum absolute atomic E-state index is 0.928. The molecule has 78 valence electrons. The summed E-state index contributed by atoms with van der Waals surface area (Å²) < 4.78 is 0. The highest BCUT2D eigenvalue weighted by molar-refractivity contribution is 7.10. The molecule has 0 aliphatic carbocycles. The van der Waals surface area contributed by atoms with Crippen LogP contribution in [0.3, 0.4) is 0 Å². The highest BCUT2D eigenvalue weighted by Gasteiger charge is 2.02. The van der Waals surface area contributed by atoms with Gasteiger partial charge in [0.2, 0.25) is 0 Å². The van der Waals surface area contributed by atoms with E-state index in [4.69, 9.17) is 0 Å². The van der Waals surface area contributed by atoms with Gasteiger partial charge in [-0.05, 0) is 48.2 Å². The van der Waals surface area contributed by atoms with Gasteiger partial charge >= 0.3 is 0 Å². The molecule has 0 saturated carbocycles. The number of rotatable bonds is 3. The van der Waals surface area contributed by atoms with Gasteiger partial charge in [0.25, 0.3) is 0 Å². The molecule has 0 unspecified atom stereocenters. The van der Waals surface area contributed by atoms with Crippen molar-refractivity contribution in [1.29, 1.82) is 0 Å². The maximum atomic E-state index is 3.17. The van der Waals surface area contributed by atoms with Crippen LogP contribution >= 0.6 is 11.3 Å². The van der Waals surface area contributed by atoms with E-state index in [0.717, 1.165) is 6.54 Å². The van der Waals surface area contributed by atoms with E-state index < -0.39 is 0 Å². The summed E-state index contributed by atoms with van der Waals surface area (Å²) in [6.07, 6.45) is 0. The Hall–Kier alpha value is -1.12. The van der Waals surface area contributed by atoms with Gasteiger partial charge in [-0.2, -0.15) is 0 Å². The Morgan fingerprint density at radius 1 is 1.27 bits per heavy atom. The van der Waals surface area contributed by atoms with Crippen LogP contribution in [0.1, 0.15) is 10.4 Å². The number of hydrogen-bond donors (Lipinski definition) is 1. The van der Waals surface area contributed by atoms with Crippen LogP contribution in [0, 0.1) is 6.92 Å². The second-order valence-electron chi connectivity index (χ2n) is 3.62. The van der Waals surface area contributed by atoms with Crippen LogP contribution in [-0.2, 0) is 6.54 Å². The normalized spacial score (nSPS) is 10.5. The highest BCUT2D eigenvalue weighted by atomic mass is 32.1. The lowest BCUT2D eigenvalue weighted by Crippen LogP contribution is -2.04. The molecule has 0 bridgehead atoms. The molecule has 15 heavy (non-hydrogen) atoms. The maximum absolute atomic E-state index is 3.17. The minimum atomic E-state index is 0.928. The van der Waals surface area contributed by atoms with E-state index in [-0.39, 0.29) is 0 Å². The summed E-state index contributed by atoms with van der Waals surface area (Å²) in [4.78, 5) is 1.39. The van der Waals surface area contributed by atoms with Gasteiger partial charge in [0.15, 0.2) is 0 Å². The Balaban J connectivity index is 2.37. The predicted molar refractivity (Wildman–Crippen MR) is 67.3 cm³/mol. The zero-order valence-corrected chi connectivity index (χ0v) is 9.90. The summed E-state index contributed by atoms with van der Waals surface area (Å²) in [6.45, 7) is 3.10. The molecule has 2 rings (SSSR count). The number of thiophene rings is 1. The average Bonchev–Trinajstić information content (AvgIpc) is 2.65. The zero-order chi connectivity index (χ0) is 10.7. The molecule has 1 nitrogen and oxygen atoms in total. The van der Waals surface area contributed by atoms with Crippen LogP contribution < -0.4 is 5.32 Å². The van der Waals surface area contributed by atoms with Crippen LogP contribution in [0.4, 0.5) is 0 Å². The van der Waals surface area contributed by atoms with E-state index in [2.05, 4.69) is 48.0 Å². The summed E-state index contributed by atoms with van der Waals surface area (Å²) in [7, 11) is 1.97. The van der Waals surface area contributed by atoms with Crippen LogP contribution in [0.25, 0.3) is 11.1 Å².